The smallest absolute Gasteiger partial charge is 0.259 e. The number of carbonyl (C=O) groups excluding carboxylic acids is 1. The van der Waals surface area contributed by atoms with Gasteiger partial charge in [-0.05, 0) is 18.6 Å². The molecular formula is C15H15F2N3O2. The Morgan fingerprint density at radius 3 is 3.00 bits per heavy atom. The molecule has 1 aliphatic rings. The van der Waals surface area contributed by atoms with E-state index in [2.05, 4.69) is 10.4 Å². The molecule has 5 nitrogen and oxygen atoms in total. The monoisotopic (exact) mass is 307 g/mol. The SMILES string of the molecule is O=C(Nc1ccnn1CC1CCOC1)c1ccc(F)cc1F. The third kappa shape index (κ3) is 3.14. The number of amides is 1. The van der Waals surface area contributed by atoms with Crippen molar-refractivity contribution in [2.75, 3.05) is 18.5 Å². The van der Waals surface area contributed by atoms with Crippen LogP contribution in [0.15, 0.2) is 30.5 Å². The normalized spacial score (nSPS) is 17.6. The van der Waals surface area contributed by atoms with Gasteiger partial charge in [-0.3, -0.25) is 4.79 Å². The van der Waals surface area contributed by atoms with Gasteiger partial charge >= 0.3 is 0 Å². The first-order valence-corrected chi connectivity index (χ1v) is 6.99. The van der Waals surface area contributed by atoms with Crippen LogP contribution in [0.4, 0.5) is 14.6 Å². The molecule has 1 aliphatic heterocycles. The summed E-state index contributed by atoms with van der Waals surface area (Å²) in [6, 6.07) is 4.48. The number of nitrogens with zero attached hydrogens (tertiary/aromatic N) is 2. The summed E-state index contributed by atoms with van der Waals surface area (Å²) in [6.07, 6.45) is 2.51. The van der Waals surface area contributed by atoms with Crippen LogP contribution >= 0.6 is 0 Å². The molecule has 0 aliphatic carbocycles. The van der Waals surface area contributed by atoms with Gasteiger partial charge in [-0.1, -0.05) is 0 Å². The number of benzene rings is 1. The zero-order valence-corrected chi connectivity index (χ0v) is 11.8. The largest absolute Gasteiger partial charge is 0.381 e. The summed E-state index contributed by atoms with van der Waals surface area (Å²) in [6.45, 7) is 2.02. The lowest BCUT2D eigenvalue weighted by atomic mass is 10.1. The lowest BCUT2D eigenvalue weighted by molar-refractivity contribution is 0.102. The second-order valence-electron chi connectivity index (χ2n) is 5.21. The van der Waals surface area contributed by atoms with E-state index in [4.69, 9.17) is 4.74 Å². The summed E-state index contributed by atoms with van der Waals surface area (Å²) in [5.74, 6) is -1.44. The number of halogens is 2. The van der Waals surface area contributed by atoms with E-state index in [1.165, 1.54) is 0 Å². The van der Waals surface area contributed by atoms with Gasteiger partial charge in [-0.2, -0.15) is 5.10 Å². The fraction of sp³-hybridized carbons (Fsp3) is 0.333. The van der Waals surface area contributed by atoms with Gasteiger partial charge in [0.05, 0.1) is 18.4 Å². The first-order valence-electron chi connectivity index (χ1n) is 6.99. The lowest BCUT2D eigenvalue weighted by Crippen LogP contribution is -2.19. The molecule has 1 aromatic heterocycles. The summed E-state index contributed by atoms with van der Waals surface area (Å²) in [5, 5.41) is 6.75. The molecule has 0 radical (unpaired) electrons. The van der Waals surface area contributed by atoms with E-state index in [0.29, 0.717) is 31.0 Å². The van der Waals surface area contributed by atoms with Gasteiger partial charge in [0.1, 0.15) is 17.5 Å². The molecule has 2 aromatic rings. The fourth-order valence-electron chi connectivity index (χ4n) is 2.41. The predicted molar refractivity (Wildman–Crippen MR) is 75.5 cm³/mol. The quantitative estimate of drug-likeness (QED) is 0.944. The molecular weight excluding hydrogens is 292 g/mol. The average molecular weight is 307 g/mol. The maximum Gasteiger partial charge on any atom is 0.259 e. The summed E-state index contributed by atoms with van der Waals surface area (Å²) in [5.41, 5.74) is -0.210. The Morgan fingerprint density at radius 2 is 2.27 bits per heavy atom. The maximum absolute atomic E-state index is 13.6. The van der Waals surface area contributed by atoms with E-state index in [9.17, 15) is 13.6 Å². The molecule has 1 atom stereocenters. The van der Waals surface area contributed by atoms with Crippen molar-refractivity contribution in [1.29, 1.82) is 0 Å². The van der Waals surface area contributed by atoms with E-state index >= 15 is 0 Å². The molecule has 1 N–H and O–H groups in total. The van der Waals surface area contributed by atoms with Crippen molar-refractivity contribution >= 4 is 11.7 Å². The molecule has 2 heterocycles. The van der Waals surface area contributed by atoms with Crippen LogP contribution in [0, 0.1) is 17.6 Å². The number of anilines is 1. The minimum atomic E-state index is -0.896. The van der Waals surface area contributed by atoms with Gasteiger partial charge in [0.25, 0.3) is 5.91 Å². The van der Waals surface area contributed by atoms with E-state index in [0.717, 1.165) is 25.2 Å². The molecule has 1 aromatic carbocycles. The number of hydrogen-bond acceptors (Lipinski definition) is 3. The predicted octanol–water partition coefficient (Wildman–Crippen LogP) is 2.45. The van der Waals surface area contributed by atoms with Crippen LogP contribution in [-0.2, 0) is 11.3 Å². The minimum absolute atomic E-state index is 0.210. The maximum atomic E-state index is 13.6. The Morgan fingerprint density at radius 1 is 1.41 bits per heavy atom. The Hall–Kier alpha value is -2.28. The van der Waals surface area contributed by atoms with Gasteiger partial charge in [-0.25, -0.2) is 13.5 Å². The number of aromatic nitrogens is 2. The van der Waals surface area contributed by atoms with Crippen molar-refractivity contribution in [2.24, 2.45) is 5.92 Å². The van der Waals surface area contributed by atoms with Gasteiger partial charge in [-0.15, -0.1) is 0 Å². The van der Waals surface area contributed by atoms with Gasteiger partial charge in [0.2, 0.25) is 0 Å². The van der Waals surface area contributed by atoms with Crippen molar-refractivity contribution in [3.05, 3.63) is 47.7 Å². The summed E-state index contributed by atoms with van der Waals surface area (Å²) < 4.78 is 33.5. The number of rotatable bonds is 4. The highest BCUT2D eigenvalue weighted by atomic mass is 19.1. The molecule has 1 fully saturated rings. The third-order valence-electron chi connectivity index (χ3n) is 3.59. The highest BCUT2D eigenvalue weighted by molar-refractivity contribution is 6.03. The van der Waals surface area contributed by atoms with E-state index in [1.807, 2.05) is 0 Å². The fourth-order valence-corrected chi connectivity index (χ4v) is 2.41. The van der Waals surface area contributed by atoms with Gasteiger partial charge in [0, 0.05) is 31.2 Å². The van der Waals surface area contributed by atoms with Crippen LogP contribution in [0.3, 0.4) is 0 Å². The van der Waals surface area contributed by atoms with Crippen molar-refractivity contribution in [2.45, 2.75) is 13.0 Å². The van der Waals surface area contributed by atoms with Crippen LogP contribution in [0.1, 0.15) is 16.8 Å². The molecule has 0 bridgehead atoms. The Labute approximate surface area is 125 Å². The van der Waals surface area contributed by atoms with Crippen molar-refractivity contribution < 1.29 is 18.3 Å². The molecule has 3 rings (SSSR count). The minimum Gasteiger partial charge on any atom is -0.381 e. The van der Waals surface area contributed by atoms with Crippen molar-refractivity contribution in [1.82, 2.24) is 9.78 Å². The van der Waals surface area contributed by atoms with Crippen molar-refractivity contribution in [3.8, 4) is 0 Å². The summed E-state index contributed by atoms with van der Waals surface area (Å²) >= 11 is 0. The van der Waals surface area contributed by atoms with Gasteiger partial charge < -0.3 is 10.1 Å². The molecule has 1 saturated heterocycles. The number of nitrogens with one attached hydrogen (secondary N) is 1. The first kappa shape index (κ1) is 14.6. The summed E-state index contributed by atoms with van der Waals surface area (Å²) in [7, 11) is 0. The lowest BCUT2D eigenvalue weighted by Gasteiger charge is -2.12. The molecule has 22 heavy (non-hydrogen) atoms. The van der Waals surface area contributed by atoms with Crippen LogP contribution in [0.5, 0.6) is 0 Å². The summed E-state index contributed by atoms with van der Waals surface area (Å²) in [4.78, 5) is 12.1. The van der Waals surface area contributed by atoms with E-state index < -0.39 is 17.5 Å². The first-order chi connectivity index (χ1) is 10.6. The molecule has 116 valence electrons. The Balaban J connectivity index is 1.72. The topological polar surface area (TPSA) is 56.2 Å². The standard InChI is InChI=1S/C15H15F2N3O2/c16-11-1-2-12(13(17)7-11)15(21)19-14-3-5-18-20(14)8-10-4-6-22-9-10/h1-3,5,7,10H,4,6,8-9H2,(H,19,21). The second-order valence-corrected chi connectivity index (χ2v) is 5.21. The Kier molecular flexibility index (Phi) is 4.15. The highest BCUT2D eigenvalue weighted by Crippen LogP contribution is 2.18. The average Bonchev–Trinajstić information content (AvgIpc) is 3.12. The van der Waals surface area contributed by atoms with E-state index in [-0.39, 0.29) is 5.56 Å². The van der Waals surface area contributed by atoms with E-state index in [1.54, 1.807) is 16.9 Å². The Bertz CT molecular complexity index is 681. The van der Waals surface area contributed by atoms with Crippen molar-refractivity contribution in [3.63, 3.8) is 0 Å². The van der Waals surface area contributed by atoms with Crippen LogP contribution in [-0.4, -0.2) is 28.9 Å². The number of carbonyl (C=O) groups is 1. The van der Waals surface area contributed by atoms with Crippen LogP contribution in [0.25, 0.3) is 0 Å². The van der Waals surface area contributed by atoms with Gasteiger partial charge in [0.15, 0.2) is 0 Å². The highest BCUT2D eigenvalue weighted by Gasteiger charge is 2.19. The van der Waals surface area contributed by atoms with Crippen LogP contribution < -0.4 is 5.32 Å². The molecule has 0 saturated carbocycles. The molecule has 1 amide bonds. The molecule has 7 heteroatoms. The molecule has 0 spiro atoms. The zero-order chi connectivity index (χ0) is 15.5. The zero-order valence-electron chi connectivity index (χ0n) is 11.8. The van der Waals surface area contributed by atoms with Crippen LogP contribution in [0.2, 0.25) is 0 Å². The number of ether oxygens (including phenoxy) is 1. The third-order valence-corrected chi connectivity index (χ3v) is 3.59. The molecule has 1 unspecified atom stereocenters. The second kappa shape index (κ2) is 6.23. The number of hydrogen-bond donors (Lipinski definition) is 1.